The molecule has 4 aromatic rings. The van der Waals surface area contributed by atoms with Gasteiger partial charge in [-0.25, -0.2) is 4.98 Å². The Morgan fingerprint density at radius 1 is 1.00 bits per heavy atom. The average Bonchev–Trinajstić information content (AvgIpc) is 3.49. The fourth-order valence-electron chi connectivity index (χ4n) is 3.07. The first-order valence-electron chi connectivity index (χ1n) is 9.81. The maximum Gasteiger partial charge on any atom is 0.279 e. The summed E-state index contributed by atoms with van der Waals surface area (Å²) in [6.45, 7) is 1.45. The number of aromatic nitrogens is 2. The molecule has 0 bridgehead atoms. The van der Waals surface area contributed by atoms with E-state index < -0.39 is 5.91 Å². The number of nitrogens with zero attached hydrogens (tertiary/aromatic N) is 2. The van der Waals surface area contributed by atoms with E-state index >= 15 is 0 Å². The average molecular weight is 465 g/mol. The molecule has 0 aliphatic rings. The van der Waals surface area contributed by atoms with Crippen molar-refractivity contribution < 1.29 is 23.6 Å². The minimum Gasteiger partial charge on any atom is -0.497 e. The molecule has 0 fully saturated rings. The molecule has 2 heterocycles. The van der Waals surface area contributed by atoms with Gasteiger partial charge in [0.1, 0.15) is 11.5 Å². The van der Waals surface area contributed by atoms with Gasteiger partial charge in [0.2, 0.25) is 5.91 Å². The van der Waals surface area contributed by atoms with Crippen LogP contribution in [0.2, 0.25) is 0 Å². The topological polar surface area (TPSA) is 116 Å². The van der Waals surface area contributed by atoms with Gasteiger partial charge in [-0.3, -0.25) is 14.9 Å². The van der Waals surface area contributed by atoms with Gasteiger partial charge >= 0.3 is 0 Å². The van der Waals surface area contributed by atoms with Crippen molar-refractivity contribution in [2.24, 2.45) is 0 Å². The zero-order valence-electron chi connectivity index (χ0n) is 18.0. The Morgan fingerprint density at radius 3 is 2.48 bits per heavy atom. The molecular weight excluding hydrogens is 444 g/mol. The largest absolute Gasteiger partial charge is 0.497 e. The van der Waals surface area contributed by atoms with E-state index in [1.807, 2.05) is 17.5 Å². The lowest BCUT2D eigenvalue weighted by molar-refractivity contribution is -0.114. The standard InChI is InChI=1S/C23H20N4O5S/c1-13(28)24-15-6-4-14(5-7-15)19-12-33-23(25-19)26-22(29)18-11-21(32-27-18)17-10-16(30-2)8-9-20(17)31-3/h4-12H,1-3H3,(H,24,28)(H,25,26,29). The van der Waals surface area contributed by atoms with Gasteiger partial charge in [-0.1, -0.05) is 17.3 Å². The third-order valence-corrected chi connectivity index (χ3v) is 5.40. The van der Waals surface area contributed by atoms with Crippen molar-refractivity contribution in [1.29, 1.82) is 0 Å². The number of amides is 2. The van der Waals surface area contributed by atoms with Crippen molar-refractivity contribution in [3.63, 3.8) is 0 Å². The summed E-state index contributed by atoms with van der Waals surface area (Å²) < 4.78 is 16.0. The number of benzene rings is 2. The molecule has 4 rings (SSSR count). The van der Waals surface area contributed by atoms with Crippen LogP contribution in [0.1, 0.15) is 17.4 Å². The predicted octanol–water partition coefficient (Wildman–Crippen LogP) is 4.69. The molecule has 0 aliphatic heterocycles. The summed E-state index contributed by atoms with van der Waals surface area (Å²) in [4.78, 5) is 28.3. The number of rotatable bonds is 7. The molecular formula is C23H20N4O5S. The van der Waals surface area contributed by atoms with E-state index in [9.17, 15) is 9.59 Å². The number of nitrogens with one attached hydrogen (secondary N) is 2. The van der Waals surface area contributed by atoms with Crippen LogP contribution in [0, 0.1) is 0 Å². The van der Waals surface area contributed by atoms with Gasteiger partial charge in [0, 0.05) is 29.6 Å². The van der Waals surface area contributed by atoms with E-state index in [0.717, 1.165) is 5.56 Å². The summed E-state index contributed by atoms with van der Waals surface area (Å²) >= 11 is 1.29. The summed E-state index contributed by atoms with van der Waals surface area (Å²) in [5.41, 5.74) is 2.97. The Balaban J connectivity index is 1.48. The van der Waals surface area contributed by atoms with Crippen molar-refractivity contribution in [1.82, 2.24) is 10.1 Å². The van der Waals surface area contributed by atoms with Crippen LogP contribution in [0.4, 0.5) is 10.8 Å². The van der Waals surface area contributed by atoms with Gasteiger partial charge in [-0.2, -0.15) is 0 Å². The highest BCUT2D eigenvalue weighted by molar-refractivity contribution is 7.14. The summed E-state index contributed by atoms with van der Waals surface area (Å²) in [5, 5.41) is 11.6. The lowest BCUT2D eigenvalue weighted by Gasteiger charge is -2.07. The van der Waals surface area contributed by atoms with Gasteiger partial charge in [0.25, 0.3) is 5.91 Å². The quantitative estimate of drug-likeness (QED) is 0.407. The number of carbonyl (C=O) groups is 2. The normalized spacial score (nSPS) is 10.5. The highest BCUT2D eigenvalue weighted by Gasteiger charge is 2.18. The summed E-state index contributed by atoms with van der Waals surface area (Å²) in [6, 6.07) is 14.0. The van der Waals surface area contributed by atoms with Crippen molar-refractivity contribution in [3.8, 4) is 34.1 Å². The molecule has 33 heavy (non-hydrogen) atoms. The van der Waals surface area contributed by atoms with Crippen molar-refractivity contribution in [2.45, 2.75) is 6.92 Å². The van der Waals surface area contributed by atoms with E-state index in [0.29, 0.717) is 39.3 Å². The van der Waals surface area contributed by atoms with E-state index in [4.69, 9.17) is 14.0 Å². The molecule has 0 spiro atoms. The van der Waals surface area contributed by atoms with Gasteiger partial charge in [-0.15, -0.1) is 11.3 Å². The third-order valence-electron chi connectivity index (χ3n) is 4.64. The number of thiazole rings is 1. The monoisotopic (exact) mass is 464 g/mol. The molecule has 168 valence electrons. The molecule has 0 aliphatic carbocycles. The summed E-state index contributed by atoms with van der Waals surface area (Å²) in [7, 11) is 3.10. The third kappa shape index (κ3) is 5.01. The summed E-state index contributed by atoms with van der Waals surface area (Å²) in [6.07, 6.45) is 0. The van der Waals surface area contributed by atoms with Crippen LogP contribution >= 0.6 is 11.3 Å². The number of methoxy groups -OCH3 is 2. The molecule has 2 N–H and O–H groups in total. The van der Waals surface area contributed by atoms with Crippen LogP contribution in [-0.4, -0.2) is 36.2 Å². The maximum absolute atomic E-state index is 12.7. The fourth-order valence-corrected chi connectivity index (χ4v) is 3.78. The fraction of sp³-hybridized carbons (Fsp3) is 0.130. The van der Waals surface area contributed by atoms with Crippen molar-refractivity contribution in [3.05, 3.63) is 59.6 Å². The van der Waals surface area contributed by atoms with Crippen molar-refractivity contribution in [2.75, 3.05) is 24.9 Å². The maximum atomic E-state index is 12.7. The Morgan fingerprint density at radius 2 is 1.79 bits per heavy atom. The predicted molar refractivity (Wildman–Crippen MR) is 125 cm³/mol. The number of ether oxygens (including phenoxy) is 2. The Bertz CT molecular complexity index is 1300. The minimum atomic E-state index is -0.450. The molecule has 0 saturated heterocycles. The van der Waals surface area contributed by atoms with Gasteiger partial charge in [-0.05, 0) is 30.3 Å². The number of carbonyl (C=O) groups excluding carboxylic acids is 2. The van der Waals surface area contributed by atoms with Crippen LogP contribution in [0.25, 0.3) is 22.6 Å². The van der Waals surface area contributed by atoms with Crippen LogP contribution < -0.4 is 20.1 Å². The minimum absolute atomic E-state index is 0.103. The van der Waals surface area contributed by atoms with Gasteiger partial charge < -0.3 is 19.3 Å². The number of hydrogen-bond donors (Lipinski definition) is 2. The molecule has 0 unspecified atom stereocenters. The second-order valence-corrected chi connectivity index (χ2v) is 7.75. The molecule has 0 radical (unpaired) electrons. The van der Waals surface area contributed by atoms with Crippen LogP contribution in [0.5, 0.6) is 11.5 Å². The van der Waals surface area contributed by atoms with E-state index in [2.05, 4.69) is 20.8 Å². The van der Waals surface area contributed by atoms with Crippen LogP contribution in [-0.2, 0) is 4.79 Å². The van der Waals surface area contributed by atoms with E-state index in [1.165, 1.54) is 24.3 Å². The van der Waals surface area contributed by atoms with Gasteiger partial charge in [0.15, 0.2) is 16.6 Å². The molecule has 9 nitrogen and oxygen atoms in total. The first-order valence-corrected chi connectivity index (χ1v) is 10.7. The molecule has 10 heteroatoms. The summed E-state index contributed by atoms with van der Waals surface area (Å²) in [5.74, 6) is 0.965. The smallest absolute Gasteiger partial charge is 0.279 e. The SMILES string of the molecule is COc1ccc(OC)c(-c2cc(C(=O)Nc3nc(-c4ccc(NC(C)=O)cc4)cs3)no2)c1. The second-order valence-electron chi connectivity index (χ2n) is 6.89. The zero-order valence-corrected chi connectivity index (χ0v) is 18.9. The highest BCUT2D eigenvalue weighted by atomic mass is 32.1. The van der Waals surface area contributed by atoms with Crippen molar-refractivity contribution >= 4 is 34.0 Å². The van der Waals surface area contributed by atoms with Crippen LogP contribution in [0.15, 0.2) is 58.4 Å². The molecule has 2 aromatic carbocycles. The molecule has 0 atom stereocenters. The van der Waals surface area contributed by atoms with Gasteiger partial charge in [0.05, 0.1) is 25.5 Å². The Hall–Kier alpha value is -4.18. The Labute approximate surface area is 193 Å². The lowest BCUT2D eigenvalue weighted by Crippen LogP contribution is -2.11. The van der Waals surface area contributed by atoms with Crippen LogP contribution in [0.3, 0.4) is 0 Å². The first kappa shape index (κ1) is 22.0. The zero-order chi connectivity index (χ0) is 23.4. The number of hydrogen-bond acceptors (Lipinski definition) is 8. The lowest BCUT2D eigenvalue weighted by atomic mass is 10.1. The number of anilines is 2. The molecule has 2 aromatic heterocycles. The van der Waals surface area contributed by atoms with E-state index in [1.54, 1.807) is 44.6 Å². The van der Waals surface area contributed by atoms with E-state index in [-0.39, 0.29) is 11.6 Å². The highest BCUT2D eigenvalue weighted by Crippen LogP contribution is 2.34. The second kappa shape index (κ2) is 9.53. The molecule has 2 amide bonds. The Kier molecular flexibility index (Phi) is 6.36. The molecule has 0 saturated carbocycles. The first-order chi connectivity index (χ1) is 16.0.